The molecule has 1 unspecified atom stereocenters. The fraction of sp³-hybridized carbons (Fsp3) is 0.250. The number of rotatable bonds is 4. The van der Waals surface area contributed by atoms with Gasteiger partial charge in [-0.15, -0.1) is 0 Å². The molecular formula is C16H19ClN2. The van der Waals surface area contributed by atoms with E-state index in [2.05, 4.69) is 37.1 Å². The average Bonchev–Trinajstić information content (AvgIpc) is 2.42. The number of anilines is 1. The summed E-state index contributed by atoms with van der Waals surface area (Å²) in [4.78, 5) is 2.20. The number of hydrogen-bond acceptors (Lipinski definition) is 2. The molecule has 3 heteroatoms. The maximum Gasteiger partial charge on any atom is 0.0664 e. The van der Waals surface area contributed by atoms with Crippen molar-refractivity contribution in [1.82, 2.24) is 0 Å². The number of likely N-dealkylation sites (N-methyl/N-ethyl adjacent to an activating group) is 1. The highest BCUT2D eigenvalue weighted by Crippen LogP contribution is 2.28. The van der Waals surface area contributed by atoms with Crippen LogP contribution in [0.15, 0.2) is 48.5 Å². The Labute approximate surface area is 119 Å². The molecule has 0 saturated heterocycles. The summed E-state index contributed by atoms with van der Waals surface area (Å²) in [6.45, 7) is 2.64. The van der Waals surface area contributed by atoms with E-state index in [1.807, 2.05) is 30.3 Å². The zero-order chi connectivity index (χ0) is 13.8. The second kappa shape index (κ2) is 6.09. The molecule has 2 aromatic rings. The molecule has 1 atom stereocenters. The van der Waals surface area contributed by atoms with Crippen LogP contribution in [-0.4, -0.2) is 13.6 Å². The summed E-state index contributed by atoms with van der Waals surface area (Å²) < 4.78 is 0. The van der Waals surface area contributed by atoms with Gasteiger partial charge in [0.05, 0.1) is 6.04 Å². The smallest absolute Gasteiger partial charge is 0.0664 e. The van der Waals surface area contributed by atoms with Gasteiger partial charge < -0.3 is 10.6 Å². The van der Waals surface area contributed by atoms with Crippen molar-refractivity contribution in [2.45, 2.75) is 13.0 Å². The number of halogens is 1. The second-order valence-electron chi connectivity index (χ2n) is 4.70. The highest BCUT2D eigenvalue weighted by atomic mass is 35.5. The zero-order valence-corrected chi connectivity index (χ0v) is 12.1. The largest absolute Gasteiger partial charge is 0.366 e. The SMILES string of the molecule is Cc1cc(Cl)ccc1C(CN)N(C)c1ccccc1. The molecule has 0 aliphatic rings. The second-order valence-corrected chi connectivity index (χ2v) is 5.14. The Morgan fingerprint density at radius 3 is 2.42 bits per heavy atom. The van der Waals surface area contributed by atoms with Gasteiger partial charge in [0.15, 0.2) is 0 Å². The van der Waals surface area contributed by atoms with Crippen LogP contribution in [0.25, 0.3) is 0 Å². The Kier molecular flexibility index (Phi) is 4.46. The highest BCUT2D eigenvalue weighted by molar-refractivity contribution is 6.30. The third-order valence-electron chi connectivity index (χ3n) is 3.45. The minimum Gasteiger partial charge on any atom is -0.366 e. The molecule has 0 bridgehead atoms. The molecule has 2 N–H and O–H groups in total. The van der Waals surface area contributed by atoms with Crippen LogP contribution in [0.1, 0.15) is 17.2 Å². The number of nitrogens with zero attached hydrogens (tertiary/aromatic N) is 1. The van der Waals surface area contributed by atoms with Gasteiger partial charge in [-0.2, -0.15) is 0 Å². The predicted octanol–water partition coefficient (Wildman–Crippen LogP) is 3.78. The third kappa shape index (κ3) is 3.09. The van der Waals surface area contributed by atoms with E-state index in [-0.39, 0.29) is 6.04 Å². The van der Waals surface area contributed by atoms with Crippen LogP contribution in [0.4, 0.5) is 5.69 Å². The van der Waals surface area contributed by atoms with Gasteiger partial charge in [0.25, 0.3) is 0 Å². The van der Waals surface area contributed by atoms with Gasteiger partial charge in [-0.05, 0) is 42.3 Å². The molecule has 2 rings (SSSR count). The van der Waals surface area contributed by atoms with E-state index in [0.29, 0.717) is 6.54 Å². The molecule has 0 radical (unpaired) electrons. The molecular weight excluding hydrogens is 256 g/mol. The van der Waals surface area contributed by atoms with Crippen molar-refractivity contribution in [3.63, 3.8) is 0 Å². The maximum atomic E-state index is 6.02. The van der Waals surface area contributed by atoms with E-state index < -0.39 is 0 Å². The molecule has 0 fully saturated rings. The van der Waals surface area contributed by atoms with Gasteiger partial charge in [0, 0.05) is 24.3 Å². The summed E-state index contributed by atoms with van der Waals surface area (Å²) in [5, 5.41) is 0.763. The normalized spacial score (nSPS) is 12.2. The summed E-state index contributed by atoms with van der Waals surface area (Å²) in [6.07, 6.45) is 0. The first-order valence-corrected chi connectivity index (χ1v) is 6.75. The van der Waals surface area contributed by atoms with Gasteiger partial charge in [-0.3, -0.25) is 0 Å². The lowest BCUT2D eigenvalue weighted by atomic mass is 10.00. The van der Waals surface area contributed by atoms with Crippen molar-refractivity contribution in [3.05, 3.63) is 64.7 Å². The summed E-state index contributed by atoms with van der Waals surface area (Å²) in [7, 11) is 2.07. The molecule has 0 aliphatic carbocycles. The first kappa shape index (κ1) is 13.9. The van der Waals surface area contributed by atoms with E-state index >= 15 is 0 Å². The molecule has 0 aromatic heterocycles. The number of aryl methyl sites for hydroxylation is 1. The average molecular weight is 275 g/mol. The summed E-state index contributed by atoms with van der Waals surface area (Å²) in [6, 6.07) is 16.4. The Balaban J connectivity index is 2.34. The molecule has 0 spiro atoms. The van der Waals surface area contributed by atoms with Crippen molar-refractivity contribution in [2.24, 2.45) is 5.73 Å². The predicted molar refractivity (Wildman–Crippen MR) is 82.8 cm³/mol. The quantitative estimate of drug-likeness (QED) is 0.919. The van der Waals surface area contributed by atoms with Gasteiger partial charge in [0.1, 0.15) is 0 Å². The van der Waals surface area contributed by atoms with Gasteiger partial charge in [-0.25, -0.2) is 0 Å². The van der Waals surface area contributed by atoms with Crippen LogP contribution in [0.2, 0.25) is 5.02 Å². The van der Waals surface area contributed by atoms with Crippen molar-refractivity contribution in [3.8, 4) is 0 Å². The molecule has 0 amide bonds. The topological polar surface area (TPSA) is 29.3 Å². The standard InChI is InChI=1S/C16H19ClN2/c1-12-10-13(17)8-9-15(12)16(11-18)19(2)14-6-4-3-5-7-14/h3-10,16H,11,18H2,1-2H3. The minimum absolute atomic E-state index is 0.152. The molecule has 2 aromatic carbocycles. The molecule has 0 saturated carbocycles. The number of nitrogens with two attached hydrogens (primary N) is 1. The van der Waals surface area contributed by atoms with Gasteiger partial charge >= 0.3 is 0 Å². The Morgan fingerprint density at radius 2 is 1.84 bits per heavy atom. The van der Waals surface area contributed by atoms with Crippen molar-refractivity contribution in [2.75, 3.05) is 18.5 Å². The number of benzene rings is 2. The molecule has 2 nitrogen and oxygen atoms in total. The Morgan fingerprint density at radius 1 is 1.16 bits per heavy atom. The fourth-order valence-corrected chi connectivity index (χ4v) is 2.58. The van der Waals surface area contributed by atoms with E-state index in [0.717, 1.165) is 10.7 Å². The Bertz CT molecular complexity index is 540. The Hall–Kier alpha value is -1.51. The molecule has 19 heavy (non-hydrogen) atoms. The monoisotopic (exact) mass is 274 g/mol. The van der Waals surface area contributed by atoms with Crippen LogP contribution in [-0.2, 0) is 0 Å². The lowest BCUT2D eigenvalue weighted by Gasteiger charge is -2.30. The van der Waals surface area contributed by atoms with Gasteiger partial charge in [-0.1, -0.05) is 35.9 Å². The van der Waals surface area contributed by atoms with E-state index in [9.17, 15) is 0 Å². The molecule has 100 valence electrons. The number of hydrogen-bond donors (Lipinski definition) is 1. The molecule has 0 heterocycles. The molecule has 0 aliphatic heterocycles. The minimum atomic E-state index is 0.152. The maximum absolute atomic E-state index is 6.02. The summed E-state index contributed by atoms with van der Waals surface area (Å²) in [5.74, 6) is 0. The van der Waals surface area contributed by atoms with Gasteiger partial charge in [0.2, 0.25) is 0 Å². The fourth-order valence-electron chi connectivity index (χ4n) is 2.35. The first-order chi connectivity index (χ1) is 9.13. The van der Waals surface area contributed by atoms with Crippen LogP contribution in [0, 0.1) is 6.92 Å². The van der Waals surface area contributed by atoms with Crippen molar-refractivity contribution < 1.29 is 0 Å². The van der Waals surface area contributed by atoms with Crippen LogP contribution >= 0.6 is 11.6 Å². The van der Waals surface area contributed by atoms with Crippen LogP contribution < -0.4 is 10.6 Å². The summed E-state index contributed by atoms with van der Waals surface area (Å²) in [5.41, 5.74) is 9.53. The lowest BCUT2D eigenvalue weighted by Crippen LogP contribution is -2.30. The lowest BCUT2D eigenvalue weighted by molar-refractivity contribution is 0.676. The first-order valence-electron chi connectivity index (χ1n) is 6.37. The van der Waals surface area contributed by atoms with Crippen molar-refractivity contribution in [1.29, 1.82) is 0 Å². The zero-order valence-electron chi connectivity index (χ0n) is 11.3. The van der Waals surface area contributed by atoms with Crippen molar-refractivity contribution >= 4 is 17.3 Å². The van der Waals surface area contributed by atoms with E-state index in [1.165, 1.54) is 11.1 Å². The third-order valence-corrected chi connectivity index (χ3v) is 3.68. The number of para-hydroxylation sites is 1. The van der Waals surface area contributed by atoms with E-state index in [1.54, 1.807) is 0 Å². The van der Waals surface area contributed by atoms with E-state index in [4.69, 9.17) is 17.3 Å². The van der Waals surface area contributed by atoms with Crippen LogP contribution in [0.5, 0.6) is 0 Å². The summed E-state index contributed by atoms with van der Waals surface area (Å²) >= 11 is 6.02. The van der Waals surface area contributed by atoms with Crippen LogP contribution in [0.3, 0.4) is 0 Å². The highest BCUT2D eigenvalue weighted by Gasteiger charge is 2.17.